The summed E-state index contributed by atoms with van der Waals surface area (Å²) in [5, 5.41) is 18.6. The van der Waals surface area contributed by atoms with Crippen LogP contribution in [0.1, 0.15) is 39.3 Å². The van der Waals surface area contributed by atoms with Crippen molar-refractivity contribution in [1.82, 2.24) is 10.2 Å². The van der Waals surface area contributed by atoms with E-state index in [0.29, 0.717) is 11.7 Å². The quantitative estimate of drug-likeness (QED) is 0.774. The summed E-state index contributed by atoms with van der Waals surface area (Å²) in [6.45, 7) is 7.62. The van der Waals surface area contributed by atoms with Crippen LogP contribution in [0.3, 0.4) is 0 Å². The van der Waals surface area contributed by atoms with Gasteiger partial charge >= 0.3 is 5.97 Å². The van der Waals surface area contributed by atoms with Crippen LogP contribution in [-0.2, 0) is 9.59 Å². The van der Waals surface area contributed by atoms with Crippen LogP contribution in [0, 0.1) is 17.3 Å². The first-order chi connectivity index (χ1) is 8.75. The molecule has 1 aromatic heterocycles. The first-order valence-electron chi connectivity index (χ1n) is 6.34. The molecule has 6 nitrogen and oxygen atoms in total. The highest BCUT2D eigenvalue weighted by Crippen LogP contribution is 2.58. The van der Waals surface area contributed by atoms with E-state index in [-0.39, 0.29) is 5.91 Å². The number of aromatic amines is 1. The molecule has 1 heterocycles. The second-order valence-corrected chi connectivity index (χ2v) is 5.97. The maximum Gasteiger partial charge on any atom is 0.307 e. The van der Waals surface area contributed by atoms with E-state index in [4.69, 9.17) is 5.11 Å². The summed E-state index contributed by atoms with van der Waals surface area (Å²) in [6, 6.07) is 1.77. The second-order valence-electron chi connectivity index (χ2n) is 5.97. The molecule has 19 heavy (non-hydrogen) atoms. The predicted octanol–water partition coefficient (Wildman–Crippen LogP) is 1.83. The SMILES string of the molecule is CC(C)c1cc(NC(=O)C2C(C(=O)O)C2(C)C)n[nH]1. The van der Waals surface area contributed by atoms with Gasteiger partial charge in [0.1, 0.15) is 0 Å². The van der Waals surface area contributed by atoms with Crippen molar-refractivity contribution in [3.63, 3.8) is 0 Å². The Morgan fingerprint density at radius 2 is 2.05 bits per heavy atom. The molecule has 1 amide bonds. The van der Waals surface area contributed by atoms with Crippen LogP contribution in [0.2, 0.25) is 0 Å². The third-order valence-electron chi connectivity index (χ3n) is 3.85. The van der Waals surface area contributed by atoms with Gasteiger partial charge in [-0.1, -0.05) is 27.7 Å². The summed E-state index contributed by atoms with van der Waals surface area (Å²) in [4.78, 5) is 23.1. The molecule has 2 atom stereocenters. The van der Waals surface area contributed by atoms with Crippen LogP contribution in [0.4, 0.5) is 5.82 Å². The van der Waals surface area contributed by atoms with Crippen molar-refractivity contribution in [3.8, 4) is 0 Å². The number of nitrogens with one attached hydrogen (secondary N) is 2. The number of hydrogen-bond acceptors (Lipinski definition) is 3. The zero-order valence-electron chi connectivity index (χ0n) is 11.5. The summed E-state index contributed by atoms with van der Waals surface area (Å²) in [5.41, 5.74) is 0.438. The van der Waals surface area contributed by atoms with Crippen molar-refractivity contribution in [1.29, 1.82) is 0 Å². The molecule has 0 aliphatic heterocycles. The number of amides is 1. The highest BCUT2D eigenvalue weighted by Gasteiger charge is 2.65. The molecular formula is C13H19N3O3. The number of H-pyrrole nitrogens is 1. The number of anilines is 1. The van der Waals surface area contributed by atoms with Crippen molar-refractivity contribution in [3.05, 3.63) is 11.8 Å². The fraction of sp³-hybridized carbons (Fsp3) is 0.615. The maximum atomic E-state index is 12.1. The maximum absolute atomic E-state index is 12.1. The largest absolute Gasteiger partial charge is 0.481 e. The van der Waals surface area contributed by atoms with Crippen LogP contribution in [0.5, 0.6) is 0 Å². The Labute approximate surface area is 111 Å². The second kappa shape index (κ2) is 4.36. The summed E-state index contributed by atoms with van der Waals surface area (Å²) in [6.07, 6.45) is 0. The van der Waals surface area contributed by atoms with Gasteiger partial charge in [0.25, 0.3) is 0 Å². The fourth-order valence-electron chi connectivity index (χ4n) is 2.49. The third kappa shape index (κ3) is 2.34. The van der Waals surface area contributed by atoms with Gasteiger partial charge in [-0.25, -0.2) is 0 Å². The van der Waals surface area contributed by atoms with E-state index < -0.39 is 23.2 Å². The van der Waals surface area contributed by atoms with Gasteiger partial charge in [0, 0.05) is 11.8 Å². The van der Waals surface area contributed by atoms with Gasteiger partial charge in [-0.05, 0) is 11.3 Å². The Balaban J connectivity index is 2.04. The lowest BCUT2D eigenvalue weighted by molar-refractivity contribution is -0.140. The van der Waals surface area contributed by atoms with Crippen LogP contribution >= 0.6 is 0 Å². The van der Waals surface area contributed by atoms with Crippen LogP contribution in [0.15, 0.2) is 6.07 Å². The number of rotatable bonds is 4. The van der Waals surface area contributed by atoms with Crippen molar-refractivity contribution in [2.45, 2.75) is 33.6 Å². The number of carboxylic acids is 1. The Morgan fingerprint density at radius 1 is 1.42 bits per heavy atom. The number of nitrogens with zero attached hydrogens (tertiary/aromatic N) is 1. The molecule has 1 aliphatic rings. The lowest BCUT2D eigenvalue weighted by Crippen LogP contribution is -2.17. The van der Waals surface area contributed by atoms with Gasteiger partial charge in [0.05, 0.1) is 11.8 Å². The Kier molecular flexibility index (Phi) is 3.12. The number of aliphatic carboxylic acids is 1. The molecule has 6 heteroatoms. The molecule has 0 radical (unpaired) electrons. The van der Waals surface area contributed by atoms with E-state index in [1.54, 1.807) is 19.9 Å². The smallest absolute Gasteiger partial charge is 0.307 e. The van der Waals surface area contributed by atoms with Gasteiger partial charge in [-0.2, -0.15) is 5.10 Å². The van der Waals surface area contributed by atoms with Crippen LogP contribution in [0.25, 0.3) is 0 Å². The standard InChI is InChI=1S/C13H19N3O3/c1-6(2)7-5-8(16-15-7)14-11(17)9-10(12(18)19)13(9,3)4/h5-6,9-10H,1-4H3,(H,18,19)(H2,14,15,16,17). The molecule has 104 valence electrons. The molecule has 1 aliphatic carbocycles. The molecule has 0 aromatic carbocycles. The average molecular weight is 265 g/mol. The summed E-state index contributed by atoms with van der Waals surface area (Å²) >= 11 is 0. The van der Waals surface area contributed by atoms with Crippen molar-refractivity contribution in [2.75, 3.05) is 5.32 Å². The Hall–Kier alpha value is -1.85. The van der Waals surface area contributed by atoms with E-state index >= 15 is 0 Å². The molecule has 0 spiro atoms. The minimum Gasteiger partial charge on any atom is -0.481 e. The van der Waals surface area contributed by atoms with Gasteiger partial charge < -0.3 is 10.4 Å². The van der Waals surface area contributed by atoms with Gasteiger partial charge in [0.2, 0.25) is 5.91 Å². The van der Waals surface area contributed by atoms with Gasteiger partial charge in [-0.3, -0.25) is 14.7 Å². The number of carboxylic acid groups (broad SMARTS) is 1. The van der Waals surface area contributed by atoms with Crippen LogP contribution < -0.4 is 5.32 Å². The fourth-order valence-corrected chi connectivity index (χ4v) is 2.49. The zero-order chi connectivity index (χ0) is 14.4. The highest BCUT2D eigenvalue weighted by atomic mass is 16.4. The lowest BCUT2D eigenvalue weighted by Gasteiger charge is -2.02. The minimum atomic E-state index is -0.921. The molecule has 2 unspecified atom stereocenters. The Morgan fingerprint density at radius 3 is 2.47 bits per heavy atom. The van der Waals surface area contributed by atoms with Gasteiger partial charge in [-0.15, -0.1) is 0 Å². The molecule has 2 rings (SSSR count). The molecule has 1 fully saturated rings. The normalized spacial score (nSPS) is 24.3. The molecular weight excluding hydrogens is 246 g/mol. The topological polar surface area (TPSA) is 95.1 Å². The molecule has 0 saturated heterocycles. The third-order valence-corrected chi connectivity index (χ3v) is 3.85. The van der Waals surface area contributed by atoms with E-state index in [1.807, 2.05) is 13.8 Å². The summed E-state index contributed by atoms with van der Waals surface area (Å²) in [7, 11) is 0. The lowest BCUT2D eigenvalue weighted by atomic mass is 10.1. The number of carbonyl (C=O) groups is 2. The number of carbonyl (C=O) groups excluding carboxylic acids is 1. The number of aromatic nitrogens is 2. The van der Waals surface area contributed by atoms with E-state index in [2.05, 4.69) is 15.5 Å². The first-order valence-corrected chi connectivity index (χ1v) is 6.34. The van der Waals surface area contributed by atoms with Gasteiger partial charge in [0.15, 0.2) is 5.82 Å². The van der Waals surface area contributed by atoms with Crippen molar-refractivity contribution < 1.29 is 14.7 Å². The molecule has 3 N–H and O–H groups in total. The number of hydrogen-bond donors (Lipinski definition) is 3. The average Bonchev–Trinajstić information content (AvgIpc) is 2.67. The monoisotopic (exact) mass is 265 g/mol. The van der Waals surface area contributed by atoms with E-state index in [9.17, 15) is 9.59 Å². The first kappa shape index (κ1) is 13.6. The summed E-state index contributed by atoms with van der Waals surface area (Å²) in [5.74, 6) is -1.57. The zero-order valence-corrected chi connectivity index (χ0v) is 11.5. The van der Waals surface area contributed by atoms with E-state index in [0.717, 1.165) is 5.69 Å². The molecule has 0 bridgehead atoms. The van der Waals surface area contributed by atoms with Crippen LogP contribution in [-0.4, -0.2) is 27.2 Å². The van der Waals surface area contributed by atoms with Crippen molar-refractivity contribution >= 4 is 17.7 Å². The minimum absolute atomic E-state index is 0.279. The Bertz CT molecular complexity index is 519. The predicted molar refractivity (Wildman–Crippen MR) is 69.7 cm³/mol. The molecule has 1 saturated carbocycles. The highest BCUT2D eigenvalue weighted by molar-refractivity contribution is 5.99. The summed E-state index contributed by atoms with van der Waals surface area (Å²) < 4.78 is 0. The molecule has 1 aromatic rings. The van der Waals surface area contributed by atoms with Crippen molar-refractivity contribution in [2.24, 2.45) is 17.3 Å². The van der Waals surface area contributed by atoms with E-state index in [1.165, 1.54) is 0 Å².